The Bertz CT molecular complexity index is 1040. The van der Waals surface area contributed by atoms with Crippen molar-refractivity contribution in [1.29, 1.82) is 0 Å². The summed E-state index contributed by atoms with van der Waals surface area (Å²) in [6.45, 7) is 1.55. The maximum Gasteiger partial charge on any atom is 0.255 e. The quantitative estimate of drug-likeness (QED) is 0.737. The zero-order valence-corrected chi connectivity index (χ0v) is 15.5. The van der Waals surface area contributed by atoms with Gasteiger partial charge in [-0.2, -0.15) is 0 Å². The first-order valence-electron chi connectivity index (χ1n) is 8.21. The molecule has 0 fully saturated rings. The van der Waals surface area contributed by atoms with Crippen molar-refractivity contribution in [3.05, 3.63) is 70.6 Å². The molecule has 2 aromatic carbocycles. The number of amides is 2. The number of likely N-dealkylation sites (N-methyl/N-ethyl adjacent to an activating group) is 1. The predicted molar refractivity (Wildman–Crippen MR) is 103 cm³/mol. The zero-order valence-electron chi connectivity index (χ0n) is 14.8. The van der Waals surface area contributed by atoms with Crippen LogP contribution in [0, 0.1) is 12.7 Å². The fraction of sp³-hybridized carbons (Fsp3) is 0.150. The lowest BCUT2D eigenvalue weighted by molar-refractivity contribution is -0.116. The molecular weight excluding hydrogens is 369 g/mol. The van der Waals surface area contributed by atoms with Crippen LogP contribution in [0.1, 0.15) is 16.1 Å². The molecule has 3 rings (SSSR count). The van der Waals surface area contributed by atoms with Gasteiger partial charge >= 0.3 is 0 Å². The van der Waals surface area contributed by atoms with Crippen LogP contribution >= 0.6 is 11.6 Å². The highest BCUT2D eigenvalue weighted by molar-refractivity contribution is 6.30. The third kappa shape index (κ3) is 4.41. The van der Waals surface area contributed by atoms with Gasteiger partial charge in [0.05, 0.1) is 23.3 Å². The summed E-state index contributed by atoms with van der Waals surface area (Å²) in [7, 11) is 1.54. The van der Waals surface area contributed by atoms with Crippen molar-refractivity contribution in [2.24, 2.45) is 0 Å². The van der Waals surface area contributed by atoms with E-state index in [9.17, 15) is 14.0 Å². The lowest BCUT2D eigenvalue weighted by Gasteiger charge is -2.18. The molecular formula is C20H17ClFN3O2. The van der Waals surface area contributed by atoms with Gasteiger partial charge in [-0.1, -0.05) is 17.7 Å². The third-order valence-electron chi connectivity index (χ3n) is 4.04. The number of hydrogen-bond acceptors (Lipinski definition) is 3. The highest BCUT2D eigenvalue weighted by Crippen LogP contribution is 2.19. The van der Waals surface area contributed by atoms with Gasteiger partial charge < -0.3 is 10.2 Å². The van der Waals surface area contributed by atoms with Crippen molar-refractivity contribution in [3.8, 4) is 0 Å². The Morgan fingerprint density at radius 1 is 1.19 bits per heavy atom. The monoisotopic (exact) mass is 385 g/mol. The summed E-state index contributed by atoms with van der Waals surface area (Å²) in [5.74, 6) is -1.07. The number of pyridine rings is 1. The zero-order chi connectivity index (χ0) is 19.6. The van der Waals surface area contributed by atoms with Gasteiger partial charge in [-0.15, -0.1) is 0 Å². The molecule has 0 aliphatic carbocycles. The molecule has 0 bridgehead atoms. The van der Waals surface area contributed by atoms with Crippen LogP contribution in [0.25, 0.3) is 10.9 Å². The minimum Gasteiger partial charge on any atom is -0.332 e. The van der Waals surface area contributed by atoms with Crippen molar-refractivity contribution >= 4 is 40.0 Å². The Balaban J connectivity index is 1.75. The summed E-state index contributed by atoms with van der Waals surface area (Å²) in [6, 6.07) is 12.6. The van der Waals surface area contributed by atoms with Crippen molar-refractivity contribution in [1.82, 2.24) is 9.88 Å². The number of rotatable bonds is 4. The van der Waals surface area contributed by atoms with Crippen LogP contribution in [-0.2, 0) is 4.79 Å². The number of carbonyl (C=O) groups excluding carboxylic acids is 2. The van der Waals surface area contributed by atoms with Gasteiger partial charge in [-0.25, -0.2) is 4.39 Å². The summed E-state index contributed by atoms with van der Waals surface area (Å²) in [5.41, 5.74) is 1.87. The molecule has 0 saturated carbocycles. The molecule has 0 aliphatic rings. The number of aromatic nitrogens is 1. The van der Waals surface area contributed by atoms with E-state index in [2.05, 4.69) is 10.3 Å². The summed E-state index contributed by atoms with van der Waals surface area (Å²) < 4.78 is 13.3. The van der Waals surface area contributed by atoms with E-state index in [1.54, 1.807) is 43.3 Å². The average Bonchev–Trinajstić information content (AvgIpc) is 2.60. The summed E-state index contributed by atoms with van der Waals surface area (Å²) >= 11 is 5.89. The number of anilines is 1. The SMILES string of the molecule is Cc1nc2cc(F)ccc2cc1C(=O)N(C)CC(=O)Nc1cccc(Cl)c1. The fourth-order valence-corrected chi connectivity index (χ4v) is 2.90. The fourth-order valence-electron chi connectivity index (χ4n) is 2.71. The smallest absolute Gasteiger partial charge is 0.255 e. The van der Waals surface area contributed by atoms with E-state index >= 15 is 0 Å². The third-order valence-corrected chi connectivity index (χ3v) is 4.27. The minimum absolute atomic E-state index is 0.133. The summed E-state index contributed by atoms with van der Waals surface area (Å²) in [6.07, 6.45) is 0. The van der Waals surface area contributed by atoms with E-state index in [0.717, 1.165) is 0 Å². The second kappa shape index (κ2) is 7.72. The second-order valence-corrected chi connectivity index (χ2v) is 6.61. The molecule has 3 aromatic rings. The van der Waals surface area contributed by atoms with Gasteiger partial charge in [-0.05, 0) is 43.3 Å². The molecule has 0 radical (unpaired) electrons. The molecule has 0 spiro atoms. The van der Waals surface area contributed by atoms with Crippen LogP contribution in [0.3, 0.4) is 0 Å². The van der Waals surface area contributed by atoms with Crippen molar-refractivity contribution in [2.75, 3.05) is 18.9 Å². The van der Waals surface area contributed by atoms with E-state index in [1.165, 1.54) is 24.1 Å². The van der Waals surface area contributed by atoms with E-state index in [1.807, 2.05) is 0 Å². The molecule has 5 nitrogen and oxygen atoms in total. The number of benzene rings is 2. The average molecular weight is 386 g/mol. The number of halogens is 2. The van der Waals surface area contributed by atoms with E-state index in [4.69, 9.17) is 11.6 Å². The molecule has 0 unspecified atom stereocenters. The number of nitrogens with zero attached hydrogens (tertiary/aromatic N) is 2. The van der Waals surface area contributed by atoms with E-state index in [0.29, 0.717) is 32.9 Å². The lowest BCUT2D eigenvalue weighted by Crippen LogP contribution is -2.35. The number of carbonyl (C=O) groups is 2. The normalized spacial score (nSPS) is 10.7. The molecule has 1 aromatic heterocycles. The molecule has 2 amide bonds. The summed E-state index contributed by atoms with van der Waals surface area (Å²) in [5, 5.41) is 3.86. The molecule has 138 valence electrons. The highest BCUT2D eigenvalue weighted by Gasteiger charge is 2.18. The van der Waals surface area contributed by atoms with Gasteiger partial charge in [0.1, 0.15) is 5.82 Å². The van der Waals surface area contributed by atoms with Crippen LogP contribution in [0.15, 0.2) is 48.5 Å². The Hall–Kier alpha value is -2.99. The van der Waals surface area contributed by atoms with Crippen LogP contribution < -0.4 is 5.32 Å². The number of aryl methyl sites for hydroxylation is 1. The molecule has 1 N–H and O–H groups in total. The van der Waals surface area contributed by atoms with Crippen LogP contribution in [0.4, 0.5) is 10.1 Å². The standard InChI is InChI=1S/C20H17ClFN3O2/c1-12-17(8-13-6-7-15(22)10-18(13)23-12)20(27)25(2)11-19(26)24-16-5-3-4-14(21)9-16/h3-10H,11H2,1-2H3,(H,24,26). The predicted octanol–water partition coefficient (Wildman–Crippen LogP) is 4.05. The Morgan fingerprint density at radius 2 is 1.96 bits per heavy atom. The van der Waals surface area contributed by atoms with Crippen molar-refractivity contribution in [3.63, 3.8) is 0 Å². The molecule has 0 saturated heterocycles. The van der Waals surface area contributed by atoms with Gasteiger partial charge in [0, 0.05) is 29.2 Å². The minimum atomic E-state index is -0.386. The van der Waals surface area contributed by atoms with Crippen molar-refractivity contribution < 1.29 is 14.0 Å². The first kappa shape index (κ1) is 18.8. The number of nitrogens with one attached hydrogen (secondary N) is 1. The maximum absolute atomic E-state index is 13.3. The van der Waals surface area contributed by atoms with E-state index in [-0.39, 0.29) is 24.2 Å². The van der Waals surface area contributed by atoms with Gasteiger partial charge in [0.25, 0.3) is 5.91 Å². The lowest BCUT2D eigenvalue weighted by atomic mass is 10.1. The Labute approximate surface area is 160 Å². The second-order valence-electron chi connectivity index (χ2n) is 6.18. The van der Waals surface area contributed by atoms with Gasteiger partial charge in [-0.3, -0.25) is 14.6 Å². The first-order chi connectivity index (χ1) is 12.8. The largest absolute Gasteiger partial charge is 0.332 e. The molecule has 27 heavy (non-hydrogen) atoms. The van der Waals surface area contributed by atoms with Crippen LogP contribution in [-0.4, -0.2) is 35.3 Å². The molecule has 0 atom stereocenters. The molecule has 0 aliphatic heterocycles. The number of hydrogen-bond donors (Lipinski definition) is 1. The van der Waals surface area contributed by atoms with Gasteiger partial charge in [0.2, 0.25) is 5.91 Å². The van der Waals surface area contributed by atoms with Gasteiger partial charge in [0.15, 0.2) is 0 Å². The Morgan fingerprint density at radius 3 is 2.70 bits per heavy atom. The van der Waals surface area contributed by atoms with Crippen LogP contribution in [0.5, 0.6) is 0 Å². The number of fused-ring (bicyclic) bond motifs is 1. The Kier molecular flexibility index (Phi) is 5.37. The highest BCUT2D eigenvalue weighted by atomic mass is 35.5. The van der Waals surface area contributed by atoms with Crippen LogP contribution in [0.2, 0.25) is 5.02 Å². The summed E-state index contributed by atoms with van der Waals surface area (Å²) in [4.78, 5) is 30.5. The first-order valence-corrected chi connectivity index (χ1v) is 8.59. The maximum atomic E-state index is 13.3. The van der Waals surface area contributed by atoms with Crippen molar-refractivity contribution in [2.45, 2.75) is 6.92 Å². The topological polar surface area (TPSA) is 62.3 Å². The molecule has 7 heteroatoms. The molecule has 1 heterocycles. The van der Waals surface area contributed by atoms with E-state index < -0.39 is 0 Å².